The van der Waals surface area contributed by atoms with Crippen molar-refractivity contribution in [3.63, 3.8) is 0 Å². The van der Waals surface area contributed by atoms with E-state index in [1.165, 1.54) is 12.7 Å². The van der Waals surface area contributed by atoms with Crippen LogP contribution in [0.5, 0.6) is 0 Å². The van der Waals surface area contributed by atoms with Gasteiger partial charge in [-0.15, -0.1) is 5.10 Å². The monoisotopic (exact) mass is 183 g/mol. The van der Waals surface area contributed by atoms with Gasteiger partial charge in [0.05, 0.1) is 11.7 Å². The fourth-order valence-corrected chi connectivity index (χ4v) is 1.41. The lowest BCUT2D eigenvalue weighted by atomic mass is 10.2. The van der Waals surface area contributed by atoms with Crippen molar-refractivity contribution in [2.75, 3.05) is 0 Å². The van der Waals surface area contributed by atoms with Gasteiger partial charge in [-0.2, -0.15) is 5.10 Å². The topological polar surface area (TPSA) is 64.5 Å². The standard InChI is InChI=1S/C9H5N5/c1-2-7-9(11-4-10-7)8-6(1)3-13-14-5-12-8/h1-5H. The van der Waals surface area contributed by atoms with E-state index in [1.807, 2.05) is 12.1 Å². The first kappa shape index (κ1) is 7.25. The van der Waals surface area contributed by atoms with Gasteiger partial charge in [-0.3, -0.25) is 0 Å². The highest BCUT2D eigenvalue weighted by Crippen LogP contribution is 2.18. The molecule has 3 rings (SSSR count). The molecule has 5 heteroatoms. The maximum atomic E-state index is 4.17. The maximum absolute atomic E-state index is 4.17. The van der Waals surface area contributed by atoms with Crippen molar-refractivity contribution in [1.29, 1.82) is 0 Å². The molecule has 0 atom stereocenters. The number of hydrogen-bond acceptors (Lipinski definition) is 5. The van der Waals surface area contributed by atoms with Gasteiger partial charge in [0.1, 0.15) is 23.7 Å². The molecule has 0 aliphatic carbocycles. The molecule has 66 valence electrons. The summed E-state index contributed by atoms with van der Waals surface area (Å²) in [6.07, 6.45) is 4.60. The quantitative estimate of drug-likeness (QED) is 0.519. The lowest BCUT2D eigenvalue weighted by molar-refractivity contribution is 1.03. The SMILES string of the molecule is c1nncc2ccc3ncnc3c2n1. The average molecular weight is 183 g/mol. The van der Waals surface area contributed by atoms with Crippen molar-refractivity contribution in [2.24, 2.45) is 0 Å². The van der Waals surface area contributed by atoms with Gasteiger partial charge in [0.2, 0.25) is 0 Å². The van der Waals surface area contributed by atoms with Crippen LogP contribution < -0.4 is 0 Å². The highest BCUT2D eigenvalue weighted by Gasteiger charge is 2.02. The van der Waals surface area contributed by atoms with Crippen LogP contribution in [-0.4, -0.2) is 25.1 Å². The van der Waals surface area contributed by atoms with Gasteiger partial charge < -0.3 is 0 Å². The molecule has 0 amide bonds. The van der Waals surface area contributed by atoms with Crippen LogP contribution in [0, 0.1) is 0 Å². The zero-order chi connectivity index (χ0) is 9.38. The lowest BCUT2D eigenvalue weighted by Crippen LogP contribution is -1.75. The first-order chi connectivity index (χ1) is 6.95. The third-order valence-electron chi connectivity index (χ3n) is 2.05. The first-order valence-corrected chi connectivity index (χ1v) is 4.11. The number of hydrogen-bond donors (Lipinski definition) is 0. The van der Waals surface area contributed by atoms with Gasteiger partial charge in [0.15, 0.2) is 0 Å². The van der Waals surface area contributed by atoms with E-state index in [-0.39, 0.29) is 0 Å². The van der Waals surface area contributed by atoms with E-state index >= 15 is 0 Å². The number of rotatable bonds is 0. The Morgan fingerprint density at radius 3 is 2.71 bits per heavy atom. The second kappa shape index (κ2) is 2.66. The van der Waals surface area contributed by atoms with E-state index < -0.39 is 0 Å². The Labute approximate surface area is 78.9 Å². The molecule has 0 saturated carbocycles. The van der Waals surface area contributed by atoms with E-state index in [9.17, 15) is 0 Å². The third-order valence-corrected chi connectivity index (χ3v) is 2.05. The molecule has 0 N–H and O–H groups in total. The highest BCUT2D eigenvalue weighted by molar-refractivity contribution is 6.00. The number of fused-ring (bicyclic) bond motifs is 3. The number of imidazole rings is 1. The summed E-state index contributed by atoms with van der Waals surface area (Å²) in [5.41, 5.74) is 2.42. The normalized spacial score (nSPS) is 10.9. The van der Waals surface area contributed by atoms with E-state index in [1.54, 1.807) is 6.20 Å². The number of nitrogens with zero attached hydrogens (tertiary/aromatic N) is 5. The van der Waals surface area contributed by atoms with Crippen molar-refractivity contribution >= 4 is 21.9 Å². The largest absolute Gasteiger partial charge is 0.235 e. The number of benzene rings is 1. The molecule has 0 bridgehead atoms. The fourth-order valence-electron chi connectivity index (χ4n) is 1.41. The van der Waals surface area contributed by atoms with Gasteiger partial charge in [0.25, 0.3) is 0 Å². The molecular weight excluding hydrogens is 178 g/mol. The summed E-state index contributed by atoms with van der Waals surface area (Å²) in [5.74, 6) is 0. The summed E-state index contributed by atoms with van der Waals surface area (Å²) < 4.78 is 0. The van der Waals surface area contributed by atoms with Gasteiger partial charge in [-0.1, -0.05) is 0 Å². The summed E-state index contributed by atoms with van der Waals surface area (Å²) in [7, 11) is 0. The van der Waals surface area contributed by atoms with Crippen LogP contribution in [0.1, 0.15) is 0 Å². The van der Waals surface area contributed by atoms with Crippen LogP contribution in [0.2, 0.25) is 0 Å². The molecule has 5 nitrogen and oxygen atoms in total. The average Bonchev–Trinajstić information content (AvgIpc) is 2.55. The van der Waals surface area contributed by atoms with Gasteiger partial charge in [-0.05, 0) is 12.1 Å². The third kappa shape index (κ3) is 0.922. The number of aromatic nitrogens is 5. The summed E-state index contributed by atoms with van der Waals surface area (Å²) in [6, 6.07) is 3.81. The van der Waals surface area contributed by atoms with Gasteiger partial charge in [-0.25, -0.2) is 15.0 Å². The molecule has 1 aromatic carbocycles. The van der Waals surface area contributed by atoms with Crippen molar-refractivity contribution < 1.29 is 0 Å². The Morgan fingerprint density at radius 2 is 1.71 bits per heavy atom. The maximum Gasteiger partial charge on any atom is 0.138 e. The molecule has 0 fully saturated rings. The lowest BCUT2D eigenvalue weighted by Gasteiger charge is -1.90. The molecule has 0 saturated heterocycles. The predicted octanol–water partition coefficient (Wildman–Crippen LogP) is 0.968. The Kier molecular flexibility index (Phi) is 1.38. The molecule has 2 heterocycles. The minimum Gasteiger partial charge on any atom is -0.235 e. The Morgan fingerprint density at radius 1 is 0.786 bits per heavy atom. The molecule has 0 aliphatic heterocycles. The Bertz CT molecular complexity index is 607. The zero-order valence-corrected chi connectivity index (χ0v) is 7.12. The Balaban J connectivity index is 2.64. The van der Waals surface area contributed by atoms with Crippen LogP contribution in [0.15, 0.2) is 31.0 Å². The van der Waals surface area contributed by atoms with Crippen LogP contribution >= 0.6 is 0 Å². The minimum atomic E-state index is 0.782. The van der Waals surface area contributed by atoms with Crippen LogP contribution in [0.4, 0.5) is 0 Å². The van der Waals surface area contributed by atoms with Crippen molar-refractivity contribution in [3.8, 4) is 0 Å². The van der Waals surface area contributed by atoms with E-state index in [0.29, 0.717) is 0 Å². The van der Waals surface area contributed by atoms with Crippen molar-refractivity contribution in [2.45, 2.75) is 0 Å². The summed E-state index contributed by atoms with van der Waals surface area (Å²) >= 11 is 0. The van der Waals surface area contributed by atoms with Gasteiger partial charge in [0, 0.05) is 5.39 Å². The van der Waals surface area contributed by atoms with E-state index in [2.05, 4.69) is 25.1 Å². The predicted molar refractivity (Wildman–Crippen MR) is 50.4 cm³/mol. The summed E-state index contributed by atoms with van der Waals surface area (Å²) in [6.45, 7) is 0. The van der Waals surface area contributed by atoms with Crippen molar-refractivity contribution in [3.05, 3.63) is 31.0 Å². The van der Waals surface area contributed by atoms with Crippen LogP contribution in [-0.2, 0) is 0 Å². The van der Waals surface area contributed by atoms with Crippen LogP contribution in [0.25, 0.3) is 21.9 Å². The second-order valence-corrected chi connectivity index (χ2v) is 2.85. The van der Waals surface area contributed by atoms with Crippen LogP contribution in [0.3, 0.4) is 0 Å². The molecule has 14 heavy (non-hydrogen) atoms. The first-order valence-electron chi connectivity index (χ1n) is 4.11. The minimum absolute atomic E-state index is 0.782. The molecular formula is C9H5N5. The smallest absolute Gasteiger partial charge is 0.138 e. The molecule has 0 spiro atoms. The molecule has 0 aliphatic rings. The summed E-state index contributed by atoms with van der Waals surface area (Å²) in [5, 5.41) is 8.42. The molecule has 2 aromatic heterocycles. The van der Waals surface area contributed by atoms with Crippen molar-refractivity contribution in [1.82, 2.24) is 25.1 Å². The Hall–Kier alpha value is -2.17. The van der Waals surface area contributed by atoms with E-state index in [0.717, 1.165) is 21.9 Å². The van der Waals surface area contributed by atoms with E-state index in [4.69, 9.17) is 0 Å². The highest BCUT2D eigenvalue weighted by atomic mass is 15.1. The molecule has 0 radical (unpaired) electrons. The fraction of sp³-hybridized carbons (Fsp3) is 0. The molecule has 3 aromatic rings. The van der Waals surface area contributed by atoms with Gasteiger partial charge >= 0.3 is 0 Å². The molecule has 0 unspecified atom stereocenters. The zero-order valence-electron chi connectivity index (χ0n) is 7.12. The second-order valence-electron chi connectivity index (χ2n) is 2.85. The summed E-state index contributed by atoms with van der Waals surface area (Å²) in [4.78, 5) is 12.4.